The molecule has 0 aliphatic carbocycles. The molecule has 3 nitrogen and oxygen atoms in total. The van der Waals surface area contributed by atoms with Gasteiger partial charge in [-0.2, -0.15) is 0 Å². The number of rotatable bonds is 4. The third-order valence-corrected chi connectivity index (χ3v) is 1.84. The lowest BCUT2D eigenvalue weighted by Crippen LogP contribution is -2.07. The fourth-order valence-corrected chi connectivity index (χ4v) is 1.19. The minimum atomic E-state index is -0.959. The highest BCUT2D eigenvalue weighted by Gasteiger charge is 2.08. The molecule has 1 aromatic carbocycles. The van der Waals surface area contributed by atoms with E-state index in [0.717, 1.165) is 5.56 Å². The van der Waals surface area contributed by atoms with Gasteiger partial charge in [-0.1, -0.05) is 18.7 Å². The minimum absolute atomic E-state index is 0. The number of aromatic carboxylic acids is 1. The van der Waals surface area contributed by atoms with Crippen molar-refractivity contribution in [3.63, 3.8) is 0 Å². The van der Waals surface area contributed by atoms with Crippen LogP contribution in [0.1, 0.15) is 29.8 Å². The SMILES string of the molecule is C=Cc1ccc(C(=O)O)cc1OC(C)C.Cl. The lowest BCUT2D eigenvalue weighted by Gasteiger charge is -2.12. The number of hydrogen-bond acceptors (Lipinski definition) is 2. The van der Waals surface area contributed by atoms with Crippen LogP contribution in [-0.2, 0) is 0 Å². The van der Waals surface area contributed by atoms with Gasteiger partial charge in [-0.3, -0.25) is 0 Å². The maximum absolute atomic E-state index is 10.8. The van der Waals surface area contributed by atoms with Crippen LogP contribution in [0.2, 0.25) is 0 Å². The summed E-state index contributed by atoms with van der Waals surface area (Å²) in [6.45, 7) is 7.42. The molecule has 0 fully saturated rings. The molecule has 0 aliphatic heterocycles. The summed E-state index contributed by atoms with van der Waals surface area (Å²) < 4.78 is 5.49. The van der Waals surface area contributed by atoms with Gasteiger partial charge in [0, 0.05) is 5.56 Å². The quantitative estimate of drug-likeness (QED) is 0.882. The normalized spacial score (nSPS) is 9.44. The van der Waals surface area contributed by atoms with Crippen molar-refractivity contribution in [1.29, 1.82) is 0 Å². The maximum atomic E-state index is 10.8. The summed E-state index contributed by atoms with van der Waals surface area (Å²) in [6.07, 6.45) is 1.65. The summed E-state index contributed by atoms with van der Waals surface area (Å²) in [5.41, 5.74) is 1.02. The second kappa shape index (κ2) is 6.18. The van der Waals surface area contributed by atoms with Gasteiger partial charge in [-0.05, 0) is 26.0 Å². The fourth-order valence-electron chi connectivity index (χ4n) is 1.19. The van der Waals surface area contributed by atoms with Gasteiger partial charge in [0.15, 0.2) is 0 Å². The lowest BCUT2D eigenvalue weighted by atomic mass is 10.1. The molecule has 1 aromatic rings. The van der Waals surface area contributed by atoms with Gasteiger partial charge in [0.1, 0.15) is 5.75 Å². The Bertz CT molecular complexity index is 386. The second-order valence-corrected chi connectivity index (χ2v) is 3.43. The zero-order chi connectivity index (χ0) is 11.4. The van der Waals surface area contributed by atoms with E-state index in [4.69, 9.17) is 9.84 Å². The summed E-state index contributed by atoms with van der Waals surface area (Å²) in [6, 6.07) is 4.74. The number of hydrogen-bond donors (Lipinski definition) is 1. The van der Waals surface area contributed by atoms with Gasteiger partial charge in [-0.25, -0.2) is 4.79 Å². The van der Waals surface area contributed by atoms with Gasteiger partial charge in [0.05, 0.1) is 11.7 Å². The molecule has 4 heteroatoms. The van der Waals surface area contributed by atoms with E-state index >= 15 is 0 Å². The van der Waals surface area contributed by atoms with E-state index in [1.165, 1.54) is 12.1 Å². The summed E-state index contributed by atoms with van der Waals surface area (Å²) in [4.78, 5) is 10.8. The van der Waals surface area contributed by atoms with E-state index in [1.807, 2.05) is 13.8 Å². The van der Waals surface area contributed by atoms with Crippen LogP contribution in [0.15, 0.2) is 24.8 Å². The summed E-state index contributed by atoms with van der Waals surface area (Å²) >= 11 is 0. The first-order valence-electron chi connectivity index (χ1n) is 4.71. The number of carboxylic acid groups (broad SMARTS) is 1. The molecule has 0 spiro atoms. The van der Waals surface area contributed by atoms with Crippen molar-refractivity contribution >= 4 is 24.5 Å². The highest BCUT2D eigenvalue weighted by molar-refractivity contribution is 5.88. The predicted octanol–water partition coefficient (Wildman–Crippen LogP) is 3.24. The molecule has 0 aliphatic rings. The predicted molar refractivity (Wildman–Crippen MR) is 66.5 cm³/mol. The molecule has 0 aromatic heterocycles. The van der Waals surface area contributed by atoms with Crippen LogP contribution >= 0.6 is 12.4 Å². The molecule has 0 amide bonds. The van der Waals surface area contributed by atoms with Crippen molar-refractivity contribution in [2.75, 3.05) is 0 Å². The number of halogens is 1. The van der Waals surface area contributed by atoms with Crippen molar-refractivity contribution in [1.82, 2.24) is 0 Å². The van der Waals surface area contributed by atoms with E-state index < -0.39 is 5.97 Å². The van der Waals surface area contributed by atoms with Crippen LogP contribution in [0.25, 0.3) is 6.08 Å². The fraction of sp³-hybridized carbons (Fsp3) is 0.250. The van der Waals surface area contributed by atoms with Gasteiger partial charge in [-0.15, -0.1) is 12.4 Å². The van der Waals surface area contributed by atoms with Crippen LogP contribution in [-0.4, -0.2) is 17.2 Å². The first kappa shape index (κ1) is 14.5. The van der Waals surface area contributed by atoms with Crippen LogP contribution < -0.4 is 4.74 Å². The summed E-state index contributed by atoms with van der Waals surface area (Å²) in [7, 11) is 0. The van der Waals surface area contributed by atoms with E-state index in [2.05, 4.69) is 6.58 Å². The van der Waals surface area contributed by atoms with Crippen molar-refractivity contribution in [2.24, 2.45) is 0 Å². The Hall–Kier alpha value is -1.48. The molecule has 1 rings (SSSR count). The van der Waals surface area contributed by atoms with E-state index in [0.29, 0.717) is 5.75 Å². The first-order valence-corrected chi connectivity index (χ1v) is 4.71. The molecule has 16 heavy (non-hydrogen) atoms. The van der Waals surface area contributed by atoms with E-state index in [-0.39, 0.29) is 24.1 Å². The topological polar surface area (TPSA) is 46.5 Å². The van der Waals surface area contributed by atoms with Crippen molar-refractivity contribution in [3.05, 3.63) is 35.9 Å². The Morgan fingerprint density at radius 3 is 2.56 bits per heavy atom. The molecular weight excluding hydrogens is 228 g/mol. The third-order valence-electron chi connectivity index (χ3n) is 1.84. The Morgan fingerprint density at radius 2 is 2.12 bits per heavy atom. The zero-order valence-electron chi connectivity index (χ0n) is 9.27. The molecule has 0 radical (unpaired) electrons. The Morgan fingerprint density at radius 1 is 1.50 bits per heavy atom. The van der Waals surface area contributed by atoms with Gasteiger partial charge in [0.2, 0.25) is 0 Å². The Labute approximate surface area is 101 Å². The average molecular weight is 243 g/mol. The van der Waals surface area contributed by atoms with Crippen LogP contribution in [0.3, 0.4) is 0 Å². The molecular formula is C12H15ClO3. The van der Waals surface area contributed by atoms with Gasteiger partial charge >= 0.3 is 5.97 Å². The molecule has 0 atom stereocenters. The zero-order valence-corrected chi connectivity index (χ0v) is 10.1. The van der Waals surface area contributed by atoms with Crippen LogP contribution in [0.5, 0.6) is 5.75 Å². The largest absolute Gasteiger partial charge is 0.490 e. The Balaban J connectivity index is 0.00000225. The molecule has 0 saturated carbocycles. The minimum Gasteiger partial charge on any atom is -0.490 e. The summed E-state index contributed by atoms with van der Waals surface area (Å²) in [5.74, 6) is -0.404. The van der Waals surface area contributed by atoms with Gasteiger partial charge < -0.3 is 9.84 Å². The van der Waals surface area contributed by atoms with Crippen molar-refractivity contribution in [3.8, 4) is 5.75 Å². The second-order valence-electron chi connectivity index (χ2n) is 3.43. The highest BCUT2D eigenvalue weighted by Crippen LogP contribution is 2.22. The Kier molecular flexibility index (Phi) is 5.61. The molecule has 0 unspecified atom stereocenters. The lowest BCUT2D eigenvalue weighted by molar-refractivity contribution is 0.0696. The standard InChI is InChI=1S/C12H14O3.ClH/c1-4-9-5-6-10(12(13)14)7-11(9)15-8(2)3;/h4-8H,1H2,2-3H3,(H,13,14);1H. The number of benzene rings is 1. The summed E-state index contributed by atoms with van der Waals surface area (Å²) in [5, 5.41) is 8.83. The third kappa shape index (κ3) is 3.59. The highest BCUT2D eigenvalue weighted by atomic mass is 35.5. The van der Waals surface area contributed by atoms with E-state index in [1.54, 1.807) is 12.1 Å². The molecule has 0 bridgehead atoms. The van der Waals surface area contributed by atoms with Gasteiger partial charge in [0.25, 0.3) is 0 Å². The average Bonchev–Trinajstić information content (AvgIpc) is 2.16. The molecule has 0 heterocycles. The molecule has 1 N–H and O–H groups in total. The molecule has 0 saturated heterocycles. The smallest absolute Gasteiger partial charge is 0.335 e. The van der Waals surface area contributed by atoms with Crippen molar-refractivity contribution in [2.45, 2.75) is 20.0 Å². The molecule has 88 valence electrons. The first-order chi connectivity index (χ1) is 7.04. The number of ether oxygens (including phenoxy) is 1. The number of carbonyl (C=O) groups is 1. The monoisotopic (exact) mass is 242 g/mol. The van der Waals surface area contributed by atoms with Crippen molar-refractivity contribution < 1.29 is 14.6 Å². The maximum Gasteiger partial charge on any atom is 0.335 e. The van der Waals surface area contributed by atoms with Crippen LogP contribution in [0.4, 0.5) is 0 Å². The number of carboxylic acids is 1. The van der Waals surface area contributed by atoms with E-state index in [9.17, 15) is 4.79 Å². The van der Waals surface area contributed by atoms with Crippen LogP contribution in [0, 0.1) is 0 Å².